The normalized spacial score (nSPS) is 14.8. The predicted octanol–water partition coefficient (Wildman–Crippen LogP) is 3.28. The summed E-state index contributed by atoms with van der Waals surface area (Å²) in [5, 5.41) is 8.85. The van der Waals surface area contributed by atoms with Gasteiger partial charge in [-0.15, -0.1) is 24.8 Å². The van der Waals surface area contributed by atoms with E-state index >= 15 is 0 Å². The molecule has 2 heterocycles. The topological polar surface area (TPSA) is 78.2 Å². The van der Waals surface area contributed by atoms with E-state index in [1.807, 2.05) is 35.4 Å². The summed E-state index contributed by atoms with van der Waals surface area (Å²) in [6, 6.07) is 13.2. The quantitative estimate of drug-likeness (QED) is 0.631. The summed E-state index contributed by atoms with van der Waals surface area (Å²) in [4.78, 5) is 16.8. The minimum Gasteiger partial charge on any atom is -0.368 e. The van der Waals surface area contributed by atoms with Crippen LogP contribution in [0.5, 0.6) is 0 Å². The van der Waals surface area contributed by atoms with E-state index in [2.05, 4.69) is 33.3 Å². The molecule has 1 saturated heterocycles. The van der Waals surface area contributed by atoms with Crippen molar-refractivity contribution in [3.8, 4) is 0 Å². The summed E-state index contributed by atoms with van der Waals surface area (Å²) < 4.78 is 0. The van der Waals surface area contributed by atoms with Gasteiger partial charge in [0.05, 0.1) is 17.8 Å². The molecule has 156 valence electrons. The third-order valence-corrected chi connectivity index (χ3v) is 5.32. The van der Waals surface area contributed by atoms with Crippen LogP contribution in [0.4, 0.5) is 5.69 Å². The first kappa shape index (κ1) is 23.3. The van der Waals surface area contributed by atoms with Crippen LogP contribution in [0.3, 0.4) is 0 Å². The zero-order chi connectivity index (χ0) is 18.8. The maximum atomic E-state index is 12.7. The summed E-state index contributed by atoms with van der Waals surface area (Å²) in [7, 11) is 0. The number of piperazine rings is 1. The number of nitrogens with two attached hydrogens (primary N) is 1. The molecule has 0 saturated carbocycles. The number of amides is 1. The Morgan fingerprint density at radius 1 is 1.10 bits per heavy atom. The minimum absolute atomic E-state index is 0. The number of carbonyl (C=O) groups is 1. The van der Waals surface area contributed by atoms with E-state index in [0.717, 1.165) is 35.2 Å². The van der Waals surface area contributed by atoms with Crippen molar-refractivity contribution >= 4 is 58.9 Å². The molecule has 0 bridgehead atoms. The third-order valence-electron chi connectivity index (χ3n) is 5.07. The number of fused-ring (bicyclic) bond motifs is 1. The molecule has 1 aliphatic heterocycles. The van der Waals surface area contributed by atoms with Crippen LogP contribution in [0, 0.1) is 0 Å². The summed E-state index contributed by atoms with van der Waals surface area (Å²) >= 11 is 5.91. The number of hydrogen-bond acceptors (Lipinski definition) is 4. The monoisotopic (exact) mass is 455 g/mol. The average molecular weight is 457 g/mol. The first-order chi connectivity index (χ1) is 13.1. The number of nitrogens with one attached hydrogen (secondary N) is 1. The molecule has 4 rings (SSSR count). The van der Waals surface area contributed by atoms with Gasteiger partial charge in [-0.05, 0) is 42.3 Å². The van der Waals surface area contributed by atoms with E-state index in [4.69, 9.17) is 17.3 Å². The van der Waals surface area contributed by atoms with Gasteiger partial charge in [0.2, 0.25) is 5.91 Å². The molecule has 1 amide bonds. The molecule has 6 nitrogen and oxygen atoms in total. The molecular formula is C20H24Cl3N5O. The van der Waals surface area contributed by atoms with Crippen molar-refractivity contribution in [1.29, 1.82) is 0 Å². The Morgan fingerprint density at radius 3 is 2.48 bits per heavy atom. The number of anilines is 1. The average Bonchev–Trinajstić information content (AvgIpc) is 3.17. The molecule has 1 fully saturated rings. The molecule has 1 aromatic heterocycles. The van der Waals surface area contributed by atoms with Crippen LogP contribution in [-0.2, 0) is 11.2 Å². The molecule has 2 aromatic carbocycles. The molecule has 3 N–H and O–H groups in total. The molecule has 3 aromatic rings. The molecule has 29 heavy (non-hydrogen) atoms. The molecule has 0 spiro atoms. The van der Waals surface area contributed by atoms with Gasteiger partial charge >= 0.3 is 0 Å². The van der Waals surface area contributed by atoms with Gasteiger partial charge in [0.25, 0.3) is 0 Å². The second-order valence-electron chi connectivity index (χ2n) is 6.89. The van der Waals surface area contributed by atoms with E-state index in [0.29, 0.717) is 24.5 Å². The molecule has 1 atom stereocenters. The van der Waals surface area contributed by atoms with Crippen molar-refractivity contribution in [3.05, 3.63) is 59.2 Å². The number of aromatic nitrogens is 2. The van der Waals surface area contributed by atoms with Crippen LogP contribution in [-0.4, -0.2) is 53.2 Å². The summed E-state index contributed by atoms with van der Waals surface area (Å²) in [6.45, 7) is 2.93. The first-order valence-corrected chi connectivity index (χ1v) is 9.45. The highest BCUT2D eigenvalue weighted by Crippen LogP contribution is 2.22. The number of benzene rings is 2. The van der Waals surface area contributed by atoms with Crippen LogP contribution in [0.15, 0.2) is 48.7 Å². The lowest BCUT2D eigenvalue weighted by Crippen LogP contribution is -2.53. The summed E-state index contributed by atoms with van der Waals surface area (Å²) in [5.74, 6) is 0.00798. The Hall–Kier alpha value is -1.99. The number of nitrogens with zero attached hydrogens (tertiary/aromatic N) is 3. The number of H-pyrrole nitrogens is 1. The molecule has 0 aliphatic carbocycles. The van der Waals surface area contributed by atoms with Crippen LogP contribution in [0.1, 0.15) is 5.56 Å². The fraction of sp³-hybridized carbons (Fsp3) is 0.300. The highest BCUT2D eigenvalue weighted by Gasteiger charge is 2.25. The molecule has 0 unspecified atom stereocenters. The van der Waals surface area contributed by atoms with Gasteiger partial charge < -0.3 is 15.5 Å². The Bertz CT molecular complexity index is 939. The first-order valence-electron chi connectivity index (χ1n) is 9.07. The largest absolute Gasteiger partial charge is 0.368 e. The zero-order valence-electron chi connectivity index (χ0n) is 15.8. The van der Waals surface area contributed by atoms with Crippen LogP contribution < -0.4 is 10.6 Å². The maximum absolute atomic E-state index is 12.7. The van der Waals surface area contributed by atoms with E-state index in [-0.39, 0.29) is 30.7 Å². The number of rotatable bonds is 4. The van der Waals surface area contributed by atoms with Gasteiger partial charge in [-0.2, -0.15) is 5.10 Å². The molecule has 0 radical (unpaired) electrons. The van der Waals surface area contributed by atoms with Crippen molar-refractivity contribution in [2.45, 2.75) is 12.5 Å². The second kappa shape index (κ2) is 10.2. The Labute approximate surface area is 187 Å². The molecule has 1 aliphatic rings. The molecule has 9 heteroatoms. The van der Waals surface area contributed by atoms with E-state index in [1.54, 1.807) is 0 Å². The van der Waals surface area contributed by atoms with Gasteiger partial charge in [-0.3, -0.25) is 9.89 Å². The van der Waals surface area contributed by atoms with E-state index in [9.17, 15) is 4.79 Å². The van der Waals surface area contributed by atoms with Gasteiger partial charge in [0.15, 0.2) is 0 Å². The van der Waals surface area contributed by atoms with Crippen molar-refractivity contribution < 1.29 is 4.79 Å². The number of aromatic amines is 1. The van der Waals surface area contributed by atoms with Crippen molar-refractivity contribution in [2.24, 2.45) is 5.73 Å². The SMILES string of the molecule is Cl.Cl.N[C@H](Cc1ccc(Cl)cc1)C(=O)N1CCN(c2ccc3cn[nH]c3c2)CC1. The highest BCUT2D eigenvalue weighted by atomic mass is 35.5. The fourth-order valence-electron chi connectivity index (χ4n) is 3.50. The van der Waals surface area contributed by atoms with Crippen molar-refractivity contribution in [3.63, 3.8) is 0 Å². The summed E-state index contributed by atoms with van der Waals surface area (Å²) in [5.41, 5.74) is 9.35. The van der Waals surface area contributed by atoms with E-state index in [1.165, 1.54) is 0 Å². The maximum Gasteiger partial charge on any atom is 0.239 e. The zero-order valence-corrected chi connectivity index (χ0v) is 18.1. The van der Waals surface area contributed by atoms with Crippen molar-refractivity contribution in [1.82, 2.24) is 15.1 Å². The van der Waals surface area contributed by atoms with Crippen molar-refractivity contribution in [2.75, 3.05) is 31.1 Å². The predicted molar refractivity (Wildman–Crippen MR) is 123 cm³/mol. The van der Waals surface area contributed by atoms with Gasteiger partial charge in [0, 0.05) is 42.3 Å². The lowest BCUT2D eigenvalue weighted by Gasteiger charge is -2.37. The van der Waals surface area contributed by atoms with Gasteiger partial charge in [0.1, 0.15) is 0 Å². The smallest absolute Gasteiger partial charge is 0.239 e. The van der Waals surface area contributed by atoms with Gasteiger partial charge in [-0.25, -0.2) is 0 Å². The van der Waals surface area contributed by atoms with Crippen LogP contribution in [0.25, 0.3) is 10.9 Å². The fourth-order valence-corrected chi connectivity index (χ4v) is 3.63. The lowest BCUT2D eigenvalue weighted by atomic mass is 10.1. The number of carbonyl (C=O) groups excluding carboxylic acids is 1. The third kappa shape index (κ3) is 5.34. The number of hydrogen-bond donors (Lipinski definition) is 2. The number of halogens is 3. The van der Waals surface area contributed by atoms with E-state index < -0.39 is 6.04 Å². The Morgan fingerprint density at radius 2 is 1.79 bits per heavy atom. The minimum atomic E-state index is -0.529. The Balaban J connectivity index is 0.00000150. The second-order valence-corrected chi connectivity index (χ2v) is 7.33. The van der Waals surface area contributed by atoms with Crippen LogP contribution >= 0.6 is 36.4 Å². The van der Waals surface area contributed by atoms with Crippen LogP contribution in [0.2, 0.25) is 5.02 Å². The molecular weight excluding hydrogens is 433 g/mol. The highest BCUT2D eigenvalue weighted by molar-refractivity contribution is 6.30. The Kier molecular flexibility index (Phi) is 8.16. The standard InChI is InChI=1S/C20H22ClN5O.2ClH/c21-16-4-1-14(2-5-16)11-18(22)20(27)26-9-7-25(8-10-26)17-6-3-15-13-23-24-19(15)12-17;;/h1-6,12-13,18H,7-11,22H2,(H,23,24);2*1H/t18-;;/m1../s1. The lowest BCUT2D eigenvalue weighted by molar-refractivity contribution is -0.132. The van der Waals surface area contributed by atoms with Gasteiger partial charge in [-0.1, -0.05) is 23.7 Å². The summed E-state index contributed by atoms with van der Waals surface area (Å²) in [6.07, 6.45) is 2.34.